The van der Waals surface area contributed by atoms with Crippen molar-refractivity contribution in [3.63, 3.8) is 0 Å². The summed E-state index contributed by atoms with van der Waals surface area (Å²) in [5.74, 6) is 0.376. The van der Waals surface area contributed by atoms with E-state index in [0.717, 1.165) is 29.3 Å². The smallest absolute Gasteiger partial charge is 0.354 e. The Morgan fingerprint density at radius 2 is 1.73 bits per heavy atom. The second kappa shape index (κ2) is 9.22. The third kappa shape index (κ3) is 5.16. The number of benzene rings is 1. The molecule has 3 heterocycles. The van der Waals surface area contributed by atoms with Gasteiger partial charge in [-0.1, -0.05) is 18.2 Å². The molecule has 1 aliphatic rings. The Balaban J connectivity index is 1.32. The first kappa shape index (κ1) is 22.8. The van der Waals surface area contributed by atoms with E-state index in [-0.39, 0.29) is 12.5 Å². The fraction of sp³-hybridized carbons (Fsp3) is 0.348. The zero-order valence-electron chi connectivity index (χ0n) is 18.4. The van der Waals surface area contributed by atoms with Gasteiger partial charge in [-0.25, -0.2) is 9.67 Å². The summed E-state index contributed by atoms with van der Waals surface area (Å²) in [5, 5.41) is 7.53. The number of hydrogen-bond acceptors (Lipinski definition) is 5. The molecule has 0 aliphatic carbocycles. The van der Waals surface area contributed by atoms with E-state index in [1.807, 2.05) is 54.0 Å². The van der Waals surface area contributed by atoms with Gasteiger partial charge in [0.1, 0.15) is 5.82 Å². The highest BCUT2D eigenvalue weighted by Crippen LogP contribution is 2.29. The summed E-state index contributed by atoms with van der Waals surface area (Å²) in [7, 11) is 0. The average molecular weight is 458 g/mol. The number of carbonyl (C=O) groups excluding carboxylic acids is 1. The lowest BCUT2D eigenvalue weighted by molar-refractivity contribution is -0.137. The van der Waals surface area contributed by atoms with Crippen LogP contribution in [0.3, 0.4) is 0 Å². The van der Waals surface area contributed by atoms with Gasteiger partial charge in [-0.15, -0.1) is 0 Å². The van der Waals surface area contributed by atoms with Gasteiger partial charge in [0.15, 0.2) is 0 Å². The number of alkyl halides is 3. The van der Waals surface area contributed by atoms with Crippen LogP contribution < -0.4 is 10.2 Å². The highest BCUT2D eigenvalue weighted by Gasteiger charge is 2.31. The molecule has 0 radical (unpaired) electrons. The van der Waals surface area contributed by atoms with Crippen molar-refractivity contribution >= 4 is 17.4 Å². The van der Waals surface area contributed by atoms with Crippen molar-refractivity contribution in [2.75, 3.05) is 42.9 Å². The van der Waals surface area contributed by atoms with Crippen molar-refractivity contribution in [3.8, 4) is 5.69 Å². The molecular formula is C23H25F3N6O. The number of nitrogens with one attached hydrogen (secondary N) is 1. The van der Waals surface area contributed by atoms with Crippen LogP contribution in [0.5, 0.6) is 0 Å². The fourth-order valence-electron chi connectivity index (χ4n) is 3.90. The molecule has 3 aromatic rings. The van der Waals surface area contributed by atoms with Gasteiger partial charge in [0.05, 0.1) is 34.9 Å². The standard InChI is InChI=1S/C23H25F3N6O/c1-16-22(17(2)32(29-16)19-6-4-3-5-7-19)28-21(33)15-30-10-12-31(13-11-30)20-9-8-18(14-27-20)23(24,25)26/h3-9,14H,10-13,15H2,1-2H3,(H,28,33). The maximum absolute atomic E-state index is 12.7. The number of hydrogen-bond donors (Lipinski definition) is 1. The van der Waals surface area contributed by atoms with Crippen LogP contribution in [0.25, 0.3) is 5.69 Å². The minimum absolute atomic E-state index is 0.130. The van der Waals surface area contributed by atoms with Gasteiger partial charge < -0.3 is 10.2 Å². The van der Waals surface area contributed by atoms with Gasteiger partial charge in [-0.05, 0) is 38.1 Å². The van der Waals surface area contributed by atoms with Gasteiger partial charge >= 0.3 is 6.18 Å². The van der Waals surface area contributed by atoms with Crippen LogP contribution in [0.1, 0.15) is 17.0 Å². The second-order valence-corrected chi connectivity index (χ2v) is 8.01. The van der Waals surface area contributed by atoms with Crippen molar-refractivity contribution in [3.05, 3.63) is 65.6 Å². The topological polar surface area (TPSA) is 66.3 Å². The molecule has 0 saturated carbocycles. The molecule has 10 heteroatoms. The van der Waals surface area contributed by atoms with E-state index in [4.69, 9.17) is 0 Å². The van der Waals surface area contributed by atoms with E-state index in [2.05, 4.69) is 15.4 Å². The van der Waals surface area contributed by atoms with E-state index >= 15 is 0 Å². The summed E-state index contributed by atoms with van der Waals surface area (Å²) in [6.07, 6.45) is -3.54. The third-order valence-electron chi connectivity index (χ3n) is 5.70. The summed E-state index contributed by atoms with van der Waals surface area (Å²) < 4.78 is 40.0. The predicted octanol–water partition coefficient (Wildman–Crippen LogP) is 3.66. The van der Waals surface area contributed by atoms with Crippen LogP contribution in [0.4, 0.5) is 24.7 Å². The lowest BCUT2D eigenvalue weighted by atomic mass is 10.2. The number of pyridine rings is 1. The molecule has 1 amide bonds. The number of amides is 1. The summed E-state index contributed by atoms with van der Waals surface area (Å²) in [4.78, 5) is 20.6. The fourth-order valence-corrected chi connectivity index (χ4v) is 3.90. The number of para-hydroxylation sites is 1. The Labute approximate surface area is 189 Å². The average Bonchev–Trinajstić information content (AvgIpc) is 3.08. The number of aromatic nitrogens is 3. The summed E-state index contributed by atoms with van der Waals surface area (Å²) in [6, 6.07) is 12.1. The Morgan fingerprint density at radius 1 is 1.03 bits per heavy atom. The molecule has 174 valence electrons. The molecule has 1 saturated heterocycles. The van der Waals surface area contributed by atoms with Gasteiger partial charge in [0.25, 0.3) is 0 Å². The van der Waals surface area contributed by atoms with Crippen LogP contribution in [-0.2, 0) is 11.0 Å². The Hall–Kier alpha value is -3.40. The van der Waals surface area contributed by atoms with Crippen molar-refractivity contribution in [2.24, 2.45) is 0 Å². The lowest BCUT2D eigenvalue weighted by Gasteiger charge is -2.35. The van der Waals surface area contributed by atoms with Crippen LogP contribution in [-0.4, -0.2) is 58.3 Å². The third-order valence-corrected chi connectivity index (χ3v) is 5.70. The molecule has 0 atom stereocenters. The van der Waals surface area contributed by atoms with Gasteiger partial charge in [-0.3, -0.25) is 9.69 Å². The zero-order chi connectivity index (χ0) is 23.6. The van der Waals surface area contributed by atoms with Crippen LogP contribution in [0.15, 0.2) is 48.7 Å². The SMILES string of the molecule is Cc1nn(-c2ccccc2)c(C)c1NC(=O)CN1CCN(c2ccc(C(F)(F)F)cn2)CC1. The minimum atomic E-state index is -4.40. The maximum atomic E-state index is 12.7. The van der Waals surface area contributed by atoms with E-state index in [9.17, 15) is 18.0 Å². The summed E-state index contributed by atoms with van der Waals surface area (Å²) in [6.45, 7) is 6.38. The summed E-state index contributed by atoms with van der Waals surface area (Å²) >= 11 is 0. The molecule has 1 aromatic carbocycles. The normalized spacial score (nSPS) is 15.0. The Kier molecular flexibility index (Phi) is 6.37. The van der Waals surface area contributed by atoms with Crippen molar-refractivity contribution < 1.29 is 18.0 Å². The number of aryl methyl sites for hydroxylation is 1. The lowest BCUT2D eigenvalue weighted by Crippen LogP contribution is -2.49. The van der Waals surface area contributed by atoms with Gasteiger partial charge in [0.2, 0.25) is 5.91 Å². The Bertz CT molecular complexity index is 1100. The first-order valence-corrected chi connectivity index (χ1v) is 10.6. The largest absolute Gasteiger partial charge is 0.417 e. The zero-order valence-corrected chi connectivity index (χ0v) is 18.4. The van der Waals surface area contributed by atoms with Gasteiger partial charge in [-0.2, -0.15) is 18.3 Å². The van der Waals surface area contributed by atoms with Crippen molar-refractivity contribution in [1.29, 1.82) is 0 Å². The number of rotatable bonds is 5. The highest BCUT2D eigenvalue weighted by molar-refractivity contribution is 5.93. The predicted molar refractivity (Wildman–Crippen MR) is 120 cm³/mol. The minimum Gasteiger partial charge on any atom is -0.354 e. The first-order valence-electron chi connectivity index (χ1n) is 10.6. The quantitative estimate of drug-likeness (QED) is 0.632. The molecule has 4 rings (SSSR count). The van der Waals surface area contributed by atoms with Gasteiger partial charge in [0, 0.05) is 32.4 Å². The van der Waals surface area contributed by atoms with Crippen molar-refractivity contribution in [1.82, 2.24) is 19.7 Å². The van der Waals surface area contributed by atoms with Crippen LogP contribution in [0.2, 0.25) is 0 Å². The summed E-state index contributed by atoms with van der Waals surface area (Å²) in [5.41, 5.74) is 2.46. The second-order valence-electron chi connectivity index (χ2n) is 8.01. The Morgan fingerprint density at radius 3 is 2.33 bits per heavy atom. The first-order chi connectivity index (χ1) is 15.7. The molecule has 1 aliphatic heterocycles. The van der Waals surface area contributed by atoms with E-state index in [1.165, 1.54) is 6.07 Å². The maximum Gasteiger partial charge on any atom is 0.417 e. The van der Waals surface area contributed by atoms with E-state index in [1.54, 1.807) is 4.68 Å². The van der Waals surface area contributed by atoms with Crippen LogP contribution >= 0.6 is 0 Å². The number of piperazine rings is 1. The highest BCUT2D eigenvalue weighted by atomic mass is 19.4. The molecule has 7 nitrogen and oxygen atoms in total. The van der Waals surface area contributed by atoms with E-state index in [0.29, 0.717) is 37.7 Å². The van der Waals surface area contributed by atoms with Crippen molar-refractivity contribution in [2.45, 2.75) is 20.0 Å². The monoisotopic (exact) mass is 458 g/mol. The number of carbonyl (C=O) groups is 1. The molecule has 1 N–H and O–H groups in total. The van der Waals surface area contributed by atoms with Crippen LogP contribution in [0, 0.1) is 13.8 Å². The molecule has 0 bridgehead atoms. The molecule has 33 heavy (non-hydrogen) atoms. The molecule has 0 unspecified atom stereocenters. The molecule has 1 fully saturated rings. The number of halogens is 3. The molecule has 0 spiro atoms. The number of nitrogens with zero attached hydrogens (tertiary/aromatic N) is 5. The van der Waals surface area contributed by atoms with E-state index < -0.39 is 11.7 Å². The molecular weight excluding hydrogens is 433 g/mol. The number of anilines is 2. The molecule has 2 aromatic heterocycles.